The molecule has 1 unspecified atom stereocenters. The number of nitrogens with zero attached hydrogens (tertiary/aromatic N) is 2. The molecule has 1 spiro atoms. The second kappa shape index (κ2) is 5.20. The highest BCUT2D eigenvalue weighted by atomic mass is 19.2. The summed E-state index contributed by atoms with van der Waals surface area (Å²) in [7, 11) is 0. The quantitative estimate of drug-likeness (QED) is 0.671. The molecule has 5 heteroatoms. The number of rotatable bonds is 0. The fourth-order valence-corrected chi connectivity index (χ4v) is 4.12. The standard InChI is InChI=1S/C19H13F3N2/c20-13-3-1-12-9-19(18(24-10-23)15(12)7-13)6-5-14-11(8-19)2-4-16(21)17(14)22/h1-4,7H,5-6,8-9H2/b24-18+. The van der Waals surface area contributed by atoms with E-state index in [0.29, 0.717) is 42.5 Å². The highest BCUT2D eigenvalue weighted by Crippen LogP contribution is 2.47. The molecule has 4 rings (SSSR count). The Morgan fingerprint density at radius 1 is 1.04 bits per heavy atom. The minimum atomic E-state index is -0.840. The topological polar surface area (TPSA) is 36.1 Å². The van der Waals surface area contributed by atoms with Crippen LogP contribution < -0.4 is 0 Å². The van der Waals surface area contributed by atoms with Gasteiger partial charge in [0.15, 0.2) is 11.6 Å². The largest absolute Gasteiger partial charge is 0.207 e. The Morgan fingerprint density at radius 2 is 1.79 bits per heavy atom. The smallest absolute Gasteiger partial charge is 0.205 e. The molecule has 2 nitrogen and oxygen atoms in total. The van der Waals surface area contributed by atoms with Gasteiger partial charge in [0, 0.05) is 11.0 Å². The van der Waals surface area contributed by atoms with Gasteiger partial charge in [0.1, 0.15) is 5.82 Å². The summed E-state index contributed by atoms with van der Waals surface area (Å²) in [6.45, 7) is 0. The molecule has 24 heavy (non-hydrogen) atoms. The predicted molar refractivity (Wildman–Crippen MR) is 83.1 cm³/mol. The summed E-state index contributed by atoms with van der Waals surface area (Å²) in [4.78, 5) is 3.98. The highest BCUT2D eigenvalue weighted by Gasteiger charge is 2.46. The van der Waals surface area contributed by atoms with Crippen LogP contribution in [0, 0.1) is 34.3 Å². The number of benzene rings is 2. The molecule has 0 N–H and O–H groups in total. The van der Waals surface area contributed by atoms with Gasteiger partial charge in [0.2, 0.25) is 6.19 Å². The molecule has 2 aliphatic rings. The van der Waals surface area contributed by atoms with Gasteiger partial charge in [-0.15, -0.1) is 0 Å². The van der Waals surface area contributed by atoms with Crippen molar-refractivity contribution in [1.29, 1.82) is 5.26 Å². The molecule has 0 saturated heterocycles. The molecule has 0 radical (unpaired) electrons. The van der Waals surface area contributed by atoms with E-state index in [1.165, 1.54) is 12.1 Å². The van der Waals surface area contributed by atoms with Crippen molar-refractivity contribution in [2.24, 2.45) is 10.4 Å². The maximum absolute atomic E-state index is 14.0. The van der Waals surface area contributed by atoms with Crippen LogP contribution in [-0.2, 0) is 19.3 Å². The van der Waals surface area contributed by atoms with E-state index in [0.717, 1.165) is 17.2 Å². The van der Waals surface area contributed by atoms with Crippen LogP contribution in [0.1, 0.15) is 28.7 Å². The van der Waals surface area contributed by atoms with Gasteiger partial charge in [0.25, 0.3) is 0 Å². The fraction of sp³-hybridized carbons (Fsp3) is 0.263. The Hall–Kier alpha value is -2.61. The van der Waals surface area contributed by atoms with Crippen LogP contribution in [0.2, 0.25) is 0 Å². The molecule has 0 aliphatic heterocycles. The molecule has 0 heterocycles. The molecular weight excluding hydrogens is 313 g/mol. The third-order valence-electron chi connectivity index (χ3n) is 5.20. The van der Waals surface area contributed by atoms with Gasteiger partial charge in [-0.2, -0.15) is 10.3 Å². The maximum atomic E-state index is 14.0. The van der Waals surface area contributed by atoms with Gasteiger partial charge in [-0.05, 0) is 60.6 Å². The van der Waals surface area contributed by atoms with E-state index in [1.54, 1.807) is 12.1 Å². The molecule has 2 aromatic carbocycles. The Balaban J connectivity index is 1.83. The summed E-state index contributed by atoms with van der Waals surface area (Å²) in [6.07, 6.45) is 3.84. The summed E-state index contributed by atoms with van der Waals surface area (Å²) in [5.41, 5.74) is 2.84. The van der Waals surface area contributed by atoms with Crippen LogP contribution >= 0.6 is 0 Å². The molecule has 2 aliphatic carbocycles. The molecular formula is C19H13F3N2. The third kappa shape index (κ3) is 2.06. The summed E-state index contributed by atoms with van der Waals surface area (Å²) in [5.74, 6) is -2.00. The Morgan fingerprint density at radius 3 is 2.58 bits per heavy atom. The first-order valence-corrected chi connectivity index (χ1v) is 7.76. The van der Waals surface area contributed by atoms with Gasteiger partial charge in [-0.3, -0.25) is 0 Å². The van der Waals surface area contributed by atoms with Gasteiger partial charge >= 0.3 is 0 Å². The zero-order valence-electron chi connectivity index (χ0n) is 12.7. The van der Waals surface area contributed by atoms with Crippen molar-refractivity contribution in [3.8, 4) is 6.19 Å². The van der Waals surface area contributed by atoms with E-state index in [-0.39, 0.29) is 5.82 Å². The lowest BCUT2D eigenvalue weighted by Crippen LogP contribution is -2.35. The average molecular weight is 326 g/mol. The van der Waals surface area contributed by atoms with Crippen LogP contribution in [0.25, 0.3) is 0 Å². The van der Waals surface area contributed by atoms with E-state index in [2.05, 4.69) is 4.99 Å². The van der Waals surface area contributed by atoms with Gasteiger partial charge < -0.3 is 0 Å². The first-order valence-electron chi connectivity index (χ1n) is 7.76. The lowest BCUT2D eigenvalue weighted by Gasteiger charge is -2.35. The van der Waals surface area contributed by atoms with Crippen molar-refractivity contribution >= 4 is 5.71 Å². The number of fused-ring (bicyclic) bond motifs is 2. The fourth-order valence-electron chi connectivity index (χ4n) is 4.12. The van der Waals surface area contributed by atoms with Crippen molar-refractivity contribution in [1.82, 2.24) is 0 Å². The molecule has 1 atom stereocenters. The Labute approximate surface area is 137 Å². The molecule has 0 saturated carbocycles. The van der Waals surface area contributed by atoms with Crippen LogP contribution in [0.4, 0.5) is 13.2 Å². The normalized spacial score (nSPS) is 23.2. The zero-order valence-corrected chi connectivity index (χ0v) is 12.7. The van der Waals surface area contributed by atoms with E-state index >= 15 is 0 Å². The van der Waals surface area contributed by atoms with Crippen molar-refractivity contribution in [3.63, 3.8) is 0 Å². The molecule has 0 fully saturated rings. The lowest BCUT2D eigenvalue weighted by atomic mass is 9.68. The van der Waals surface area contributed by atoms with E-state index in [4.69, 9.17) is 5.26 Å². The number of aliphatic imine (C=N–C) groups is 1. The predicted octanol–water partition coefficient (Wildman–Crippen LogP) is 4.11. The Kier molecular flexibility index (Phi) is 3.24. The monoisotopic (exact) mass is 326 g/mol. The molecule has 0 bridgehead atoms. The third-order valence-corrected chi connectivity index (χ3v) is 5.20. The summed E-state index contributed by atoms with van der Waals surface area (Å²) < 4.78 is 41.1. The number of halogens is 3. The minimum absolute atomic E-state index is 0.374. The second-order valence-electron chi connectivity index (χ2n) is 6.49. The Bertz CT molecular complexity index is 927. The highest BCUT2D eigenvalue weighted by molar-refractivity contribution is 6.09. The molecule has 2 aromatic rings. The van der Waals surface area contributed by atoms with Gasteiger partial charge in [-0.25, -0.2) is 13.2 Å². The molecule has 0 amide bonds. The first-order chi connectivity index (χ1) is 11.5. The lowest BCUT2D eigenvalue weighted by molar-refractivity contribution is 0.362. The number of hydrogen-bond donors (Lipinski definition) is 0. The van der Waals surface area contributed by atoms with Crippen LogP contribution in [0.5, 0.6) is 0 Å². The number of nitriles is 1. The van der Waals surface area contributed by atoms with E-state index < -0.39 is 17.0 Å². The van der Waals surface area contributed by atoms with Crippen molar-refractivity contribution < 1.29 is 13.2 Å². The van der Waals surface area contributed by atoms with E-state index in [1.807, 2.05) is 6.19 Å². The van der Waals surface area contributed by atoms with Crippen LogP contribution in [-0.4, -0.2) is 5.71 Å². The second-order valence-corrected chi connectivity index (χ2v) is 6.49. The summed E-state index contributed by atoms with van der Waals surface area (Å²) >= 11 is 0. The van der Waals surface area contributed by atoms with Crippen LogP contribution in [0.3, 0.4) is 0 Å². The van der Waals surface area contributed by atoms with Crippen molar-refractivity contribution in [2.45, 2.75) is 25.7 Å². The van der Waals surface area contributed by atoms with Gasteiger partial charge in [0.05, 0.1) is 5.71 Å². The summed E-state index contributed by atoms with van der Waals surface area (Å²) in [6, 6.07) is 7.25. The number of hydrogen-bond acceptors (Lipinski definition) is 2. The summed E-state index contributed by atoms with van der Waals surface area (Å²) in [5, 5.41) is 9.07. The zero-order chi connectivity index (χ0) is 16.9. The van der Waals surface area contributed by atoms with Gasteiger partial charge in [-0.1, -0.05) is 12.1 Å². The van der Waals surface area contributed by atoms with Crippen molar-refractivity contribution in [3.05, 3.63) is 70.0 Å². The maximum Gasteiger partial charge on any atom is 0.205 e. The molecule has 0 aromatic heterocycles. The van der Waals surface area contributed by atoms with Crippen molar-refractivity contribution in [2.75, 3.05) is 0 Å². The SMILES string of the molecule is N#C/N=C1\c2cc(F)ccc2CC12CCc1c(ccc(F)c1F)C2. The minimum Gasteiger partial charge on any atom is -0.207 e. The molecule has 120 valence electrons. The van der Waals surface area contributed by atoms with E-state index in [9.17, 15) is 13.2 Å². The first kappa shape index (κ1) is 14.9. The average Bonchev–Trinajstić information content (AvgIpc) is 2.85. The van der Waals surface area contributed by atoms with Crippen LogP contribution in [0.15, 0.2) is 35.3 Å².